The molecular formula is C22H19N5OS. The molecular weight excluding hydrogens is 382 g/mol. The summed E-state index contributed by atoms with van der Waals surface area (Å²) in [6.07, 6.45) is 3.46. The third-order valence-electron chi connectivity index (χ3n) is 4.36. The predicted molar refractivity (Wildman–Crippen MR) is 115 cm³/mol. The van der Waals surface area contributed by atoms with E-state index in [0.717, 1.165) is 22.8 Å². The molecule has 1 amide bonds. The van der Waals surface area contributed by atoms with E-state index >= 15 is 0 Å². The maximum absolute atomic E-state index is 13.1. The van der Waals surface area contributed by atoms with Crippen LogP contribution in [0.3, 0.4) is 0 Å². The number of hydrogen-bond donors (Lipinski definition) is 0. The molecule has 0 fully saturated rings. The molecule has 0 atom stereocenters. The standard InChI is InChI=1S/C22H19N5OS/c1-26-21(17-9-8-14-23-15-17)24-25-22(26)29-16-20(28)27(18-10-4-2-5-11-18)19-12-6-3-7-13-19/h2-15H,16H2,1H3. The summed E-state index contributed by atoms with van der Waals surface area (Å²) in [6.45, 7) is 0. The third kappa shape index (κ3) is 4.20. The number of nitrogens with zero attached hydrogens (tertiary/aromatic N) is 5. The third-order valence-corrected chi connectivity index (χ3v) is 5.36. The van der Waals surface area contributed by atoms with Crippen LogP contribution < -0.4 is 4.90 Å². The molecule has 2 aromatic heterocycles. The van der Waals surface area contributed by atoms with Crippen LogP contribution in [-0.2, 0) is 11.8 Å². The van der Waals surface area contributed by atoms with Gasteiger partial charge in [-0.25, -0.2) is 0 Å². The van der Waals surface area contributed by atoms with Crippen LogP contribution in [-0.4, -0.2) is 31.4 Å². The normalized spacial score (nSPS) is 10.7. The van der Waals surface area contributed by atoms with Crippen molar-refractivity contribution in [2.75, 3.05) is 10.7 Å². The summed E-state index contributed by atoms with van der Waals surface area (Å²) in [5.74, 6) is 0.928. The van der Waals surface area contributed by atoms with E-state index in [9.17, 15) is 4.79 Å². The molecule has 0 aliphatic rings. The number of carbonyl (C=O) groups is 1. The highest BCUT2D eigenvalue weighted by Gasteiger charge is 2.20. The van der Waals surface area contributed by atoms with E-state index in [1.165, 1.54) is 11.8 Å². The lowest BCUT2D eigenvalue weighted by Crippen LogP contribution is -2.27. The first kappa shape index (κ1) is 18.9. The SMILES string of the molecule is Cn1c(SCC(=O)N(c2ccccc2)c2ccccc2)nnc1-c1cccnc1. The highest BCUT2D eigenvalue weighted by molar-refractivity contribution is 7.99. The molecule has 0 aliphatic carbocycles. The Morgan fingerprint density at radius 2 is 1.59 bits per heavy atom. The Balaban J connectivity index is 1.54. The number of hydrogen-bond acceptors (Lipinski definition) is 5. The van der Waals surface area contributed by atoms with Gasteiger partial charge in [-0.15, -0.1) is 10.2 Å². The highest BCUT2D eigenvalue weighted by atomic mass is 32.2. The second kappa shape index (κ2) is 8.70. The Hall–Kier alpha value is -3.45. The second-order valence-corrected chi connectivity index (χ2v) is 7.24. The van der Waals surface area contributed by atoms with Crippen molar-refractivity contribution in [3.8, 4) is 11.4 Å². The van der Waals surface area contributed by atoms with E-state index in [0.29, 0.717) is 5.16 Å². The molecule has 29 heavy (non-hydrogen) atoms. The Labute approximate surface area is 173 Å². The van der Waals surface area contributed by atoms with Crippen LogP contribution in [0, 0.1) is 0 Å². The fourth-order valence-electron chi connectivity index (χ4n) is 2.97. The molecule has 0 N–H and O–H groups in total. The van der Waals surface area contributed by atoms with Gasteiger partial charge in [0.2, 0.25) is 5.91 Å². The molecule has 4 aromatic rings. The molecule has 0 spiro atoms. The molecule has 2 aromatic carbocycles. The van der Waals surface area contributed by atoms with Crippen LogP contribution in [0.5, 0.6) is 0 Å². The van der Waals surface area contributed by atoms with Gasteiger partial charge in [0.05, 0.1) is 5.75 Å². The quantitative estimate of drug-likeness (QED) is 0.450. The monoisotopic (exact) mass is 401 g/mol. The number of carbonyl (C=O) groups excluding carboxylic acids is 1. The Kier molecular flexibility index (Phi) is 5.67. The van der Waals surface area contributed by atoms with Crippen molar-refractivity contribution < 1.29 is 4.79 Å². The first-order chi connectivity index (χ1) is 14.2. The molecule has 7 heteroatoms. The fraction of sp³-hybridized carbons (Fsp3) is 0.0909. The summed E-state index contributed by atoms with van der Waals surface area (Å²) in [5, 5.41) is 9.18. The van der Waals surface area contributed by atoms with Gasteiger partial charge in [-0.3, -0.25) is 14.7 Å². The molecule has 4 rings (SSSR count). The number of pyridine rings is 1. The molecule has 0 radical (unpaired) electrons. The van der Waals surface area contributed by atoms with Crippen LogP contribution in [0.2, 0.25) is 0 Å². The number of para-hydroxylation sites is 2. The van der Waals surface area contributed by atoms with Crippen LogP contribution in [0.1, 0.15) is 0 Å². The van der Waals surface area contributed by atoms with E-state index in [1.54, 1.807) is 17.3 Å². The van der Waals surface area contributed by atoms with Gasteiger partial charge in [0.25, 0.3) is 0 Å². The number of benzene rings is 2. The summed E-state index contributed by atoms with van der Waals surface area (Å²) < 4.78 is 1.88. The molecule has 6 nitrogen and oxygen atoms in total. The van der Waals surface area contributed by atoms with Gasteiger partial charge in [-0.1, -0.05) is 48.2 Å². The number of thioether (sulfide) groups is 1. The minimum atomic E-state index is -0.0293. The topological polar surface area (TPSA) is 63.9 Å². The molecule has 0 aliphatic heterocycles. The second-order valence-electron chi connectivity index (χ2n) is 6.30. The first-order valence-electron chi connectivity index (χ1n) is 9.09. The van der Waals surface area contributed by atoms with Crippen molar-refractivity contribution in [2.24, 2.45) is 7.05 Å². The molecule has 0 saturated heterocycles. The fourth-order valence-corrected chi connectivity index (χ4v) is 3.73. The van der Waals surface area contributed by atoms with E-state index in [1.807, 2.05) is 84.4 Å². The number of amides is 1. The minimum Gasteiger partial charge on any atom is -0.305 e. The molecule has 0 saturated carbocycles. The van der Waals surface area contributed by atoms with Crippen molar-refractivity contribution in [3.05, 3.63) is 85.2 Å². The van der Waals surface area contributed by atoms with Crippen molar-refractivity contribution in [3.63, 3.8) is 0 Å². The smallest absolute Gasteiger partial charge is 0.242 e. The van der Waals surface area contributed by atoms with Crippen LogP contribution in [0.15, 0.2) is 90.3 Å². The van der Waals surface area contributed by atoms with Gasteiger partial charge in [0.1, 0.15) is 0 Å². The van der Waals surface area contributed by atoms with Gasteiger partial charge in [-0.2, -0.15) is 0 Å². The molecule has 144 valence electrons. The number of rotatable bonds is 6. The van der Waals surface area contributed by atoms with Crippen LogP contribution >= 0.6 is 11.8 Å². The average Bonchev–Trinajstić information content (AvgIpc) is 3.15. The lowest BCUT2D eigenvalue weighted by atomic mass is 10.2. The van der Waals surface area contributed by atoms with Gasteiger partial charge in [-0.05, 0) is 36.4 Å². The van der Waals surface area contributed by atoms with E-state index < -0.39 is 0 Å². The van der Waals surface area contributed by atoms with E-state index in [4.69, 9.17) is 0 Å². The first-order valence-corrected chi connectivity index (χ1v) is 10.1. The van der Waals surface area contributed by atoms with E-state index in [-0.39, 0.29) is 11.7 Å². The van der Waals surface area contributed by atoms with Gasteiger partial charge < -0.3 is 4.57 Å². The Morgan fingerprint density at radius 1 is 0.931 bits per heavy atom. The largest absolute Gasteiger partial charge is 0.305 e. The van der Waals surface area contributed by atoms with Gasteiger partial charge >= 0.3 is 0 Å². The molecule has 0 bridgehead atoms. The molecule has 2 heterocycles. The lowest BCUT2D eigenvalue weighted by Gasteiger charge is -2.22. The summed E-state index contributed by atoms with van der Waals surface area (Å²) in [6, 6.07) is 23.1. The van der Waals surface area contributed by atoms with Crippen molar-refractivity contribution >= 4 is 29.0 Å². The van der Waals surface area contributed by atoms with Gasteiger partial charge in [0.15, 0.2) is 11.0 Å². The van der Waals surface area contributed by atoms with Gasteiger partial charge in [0, 0.05) is 36.4 Å². The average molecular weight is 401 g/mol. The van der Waals surface area contributed by atoms with Crippen LogP contribution in [0.25, 0.3) is 11.4 Å². The van der Waals surface area contributed by atoms with E-state index in [2.05, 4.69) is 15.2 Å². The zero-order valence-corrected chi connectivity index (χ0v) is 16.7. The van der Waals surface area contributed by atoms with Crippen LogP contribution in [0.4, 0.5) is 11.4 Å². The Morgan fingerprint density at radius 3 is 2.17 bits per heavy atom. The highest BCUT2D eigenvalue weighted by Crippen LogP contribution is 2.28. The molecule has 0 unspecified atom stereocenters. The zero-order chi connectivity index (χ0) is 20.1. The maximum Gasteiger partial charge on any atom is 0.242 e. The summed E-state index contributed by atoms with van der Waals surface area (Å²) in [4.78, 5) is 19.0. The number of anilines is 2. The minimum absolute atomic E-state index is 0.0293. The Bertz CT molecular complexity index is 1040. The zero-order valence-electron chi connectivity index (χ0n) is 15.8. The van der Waals surface area contributed by atoms with Crippen molar-refractivity contribution in [1.82, 2.24) is 19.7 Å². The summed E-state index contributed by atoms with van der Waals surface area (Å²) >= 11 is 1.37. The summed E-state index contributed by atoms with van der Waals surface area (Å²) in [7, 11) is 1.89. The summed E-state index contributed by atoms with van der Waals surface area (Å²) in [5.41, 5.74) is 2.55. The predicted octanol–water partition coefficient (Wildman–Crippen LogP) is 4.33. The lowest BCUT2D eigenvalue weighted by molar-refractivity contribution is -0.115. The maximum atomic E-state index is 13.1. The number of aromatic nitrogens is 4. The van der Waals surface area contributed by atoms with Crippen molar-refractivity contribution in [1.29, 1.82) is 0 Å². The van der Waals surface area contributed by atoms with Crippen molar-refractivity contribution in [2.45, 2.75) is 5.16 Å².